The molecule has 1 saturated heterocycles. The predicted octanol–water partition coefficient (Wildman–Crippen LogP) is 2.42. The lowest BCUT2D eigenvalue weighted by molar-refractivity contribution is -0.149. The number of hydrogen-bond acceptors (Lipinski definition) is 3. The SMILES string of the molecule is CC(C)C(NC(=O)c1ccc(Br)cc1F)C(=O)N1CCC[C@H]1C(=O)O. The number of carbonyl (C=O) groups excluding carboxylic acids is 2. The van der Waals surface area contributed by atoms with E-state index in [1.807, 2.05) is 0 Å². The lowest BCUT2D eigenvalue weighted by Gasteiger charge is -2.29. The van der Waals surface area contributed by atoms with Gasteiger partial charge in [0.05, 0.1) is 5.56 Å². The van der Waals surface area contributed by atoms with Crippen LogP contribution in [0.25, 0.3) is 0 Å². The normalized spacial score (nSPS) is 18.3. The van der Waals surface area contributed by atoms with Crippen LogP contribution in [0.15, 0.2) is 22.7 Å². The van der Waals surface area contributed by atoms with Crippen molar-refractivity contribution in [3.63, 3.8) is 0 Å². The van der Waals surface area contributed by atoms with Gasteiger partial charge in [-0.05, 0) is 37.0 Å². The molecule has 1 aromatic carbocycles. The Hall–Kier alpha value is -1.96. The zero-order chi connectivity index (χ0) is 18.7. The maximum Gasteiger partial charge on any atom is 0.326 e. The Morgan fingerprint density at radius 3 is 2.60 bits per heavy atom. The predicted molar refractivity (Wildman–Crippen MR) is 92.6 cm³/mol. The summed E-state index contributed by atoms with van der Waals surface area (Å²) in [5.74, 6) is -3.19. The van der Waals surface area contributed by atoms with Crippen LogP contribution in [0, 0.1) is 11.7 Å². The van der Waals surface area contributed by atoms with Crippen LogP contribution in [0.5, 0.6) is 0 Å². The fourth-order valence-electron chi connectivity index (χ4n) is 2.87. The van der Waals surface area contributed by atoms with Crippen molar-refractivity contribution in [2.45, 2.75) is 38.8 Å². The lowest BCUT2D eigenvalue weighted by atomic mass is 10.0. The first kappa shape index (κ1) is 19.4. The zero-order valence-electron chi connectivity index (χ0n) is 14.0. The Bertz CT molecular complexity index is 695. The summed E-state index contributed by atoms with van der Waals surface area (Å²) in [5, 5.41) is 11.8. The second kappa shape index (κ2) is 7.95. The molecular weight excluding hydrogens is 395 g/mol. The van der Waals surface area contributed by atoms with E-state index in [0.29, 0.717) is 23.9 Å². The lowest BCUT2D eigenvalue weighted by Crippen LogP contribution is -2.53. The van der Waals surface area contributed by atoms with E-state index in [-0.39, 0.29) is 11.5 Å². The number of hydrogen-bond donors (Lipinski definition) is 2. The molecule has 1 heterocycles. The van der Waals surface area contributed by atoms with Crippen LogP contribution in [0.1, 0.15) is 37.0 Å². The molecule has 0 bridgehead atoms. The number of carboxylic acids is 1. The van der Waals surface area contributed by atoms with E-state index >= 15 is 0 Å². The Morgan fingerprint density at radius 2 is 2.04 bits per heavy atom. The van der Waals surface area contributed by atoms with Gasteiger partial charge in [-0.15, -0.1) is 0 Å². The molecule has 8 heteroatoms. The van der Waals surface area contributed by atoms with E-state index in [0.717, 1.165) is 0 Å². The first-order valence-corrected chi connectivity index (χ1v) is 8.81. The first-order valence-electron chi connectivity index (χ1n) is 8.01. The summed E-state index contributed by atoms with van der Waals surface area (Å²) >= 11 is 3.12. The summed E-state index contributed by atoms with van der Waals surface area (Å²) < 4.78 is 14.5. The quantitative estimate of drug-likeness (QED) is 0.774. The van der Waals surface area contributed by atoms with Gasteiger partial charge in [0.25, 0.3) is 5.91 Å². The van der Waals surface area contributed by atoms with E-state index in [2.05, 4.69) is 21.2 Å². The average molecular weight is 415 g/mol. The summed E-state index contributed by atoms with van der Waals surface area (Å²) in [6.45, 7) is 3.82. The highest BCUT2D eigenvalue weighted by Gasteiger charge is 2.38. The van der Waals surface area contributed by atoms with Gasteiger partial charge in [-0.3, -0.25) is 9.59 Å². The van der Waals surface area contributed by atoms with E-state index in [4.69, 9.17) is 0 Å². The minimum absolute atomic E-state index is 0.169. The molecule has 0 spiro atoms. The van der Waals surface area contributed by atoms with Crippen LogP contribution in [0.4, 0.5) is 4.39 Å². The fourth-order valence-corrected chi connectivity index (χ4v) is 3.21. The number of aliphatic carboxylic acids is 1. The van der Waals surface area contributed by atoms with E-state index < -0.39 is 35.7 Å². The third-order valence-corrected chi connectivity index (χ3v) is 4.71. The van der Waals surface area contributed by atoms with Crippen molar-refractivity contribution in [1.82, 2.24) is 10.2 Å². The molecule has 0 aromatic heterocycles. The van der Waals surface area contributed by atoms with Crippen LogP contribution in [0.2, 0.25) is 0 Å². The molecule has 0 aliphatic carbocycles. The van der Waals surface area contributed by atoms with E-state index in [1.165, 1.54) is 23.1 Å². The van der Waals surface area contributed by atoms with E-state index in [9.17, 15) is 23.9 Å². The molecule has 1 aromatic rings. The Morgan fingerprint density at radius 1 is 1.36 bits per heavy atom. The summed E-state index contributed by atoms with van der Waals surface area (Å²) in [6.07, 6.45) is 0.990. The fraction of sp³-hybridized carbons (Fsp3) is 0.471. The van der Waals surface area contributed by atoms with E-state index in [1.54, 1.807) is 13.8 Å². The number of halogens is 2. The standard InChI is InChI=1S/C17H20BrFN2O4/c1-9(2)14(16(23)21-7-3-4-13(21)17(24)25)20-15(22)11-6-5-10(18)8-12(11)19/h5-6,8-9,13-14H,3-4,7H2,1-2H3,(H,20,22)(H,24,25)/t13-,14?/m0/s1. The topological polar surface area (TPSA) is 86.7 Å². The minimum atomic E-state index is -1.06. The van der Waals surface area contributed by atoms with Crippen molar-refractivity contribution in [3.8, 4) is 0 Å². The van der Waals surface area contributed by atoms with Gasteiger partial charge in [0.1, 0.15) is 17.9 Å². The average Bonchev–Trinajstić information content (AvgIpc) is 3.01. The van der Waals surface area contributed by atoms with Gasteiger partial charge in [-0.25, -0.2) is 9.18 Å². The number of benzene rings is 1. The molecule has 0 saturated carbocycles. The highest BCUT2D eigenvalue weighted by Crippen LogP contribution is 2.21. The summed E-state index contributed by atoms with van der Waals surface area (Å²) in [7, 11) is 0. The first-order chi connectivity index (χ1) is 11.7. The number of rotatable bonds is 5. The van der Waals surface area contributed by atoms with Crippen LogP contribution < -0.4 is 5.32 Å². The van der Waals surface area contributed by atoms with Gasteiger partial charge in [0.2, 0.25) is 5.91 Å². The van der Waals surface area contributed by atoms with Gasteiger partial charge in [0, 0.05) is 11.0 Å². The zero-order valence-corrected chi connectivity index (χ0v) is 15.5. The third kappa shape index (κ3) is 4.36. The highest BCUT2D eigenvalue weighted by atomic mass is 79.9. The number of carboxylic acid groups (broad SMARTS) is 1. The van der Waals surface area contributed by atoms with Gasteiger partial charge < -0.3 is 15.3 Å². The number of likely N-dealkylation sites (tertiary alicyclic amines) is 1. The summed E-state index contributed by atoms with van der Waals surface area (Å²) in [6, 6.07) is 2.23. The van der Waals surface area contributed by atoms with Crippen molar-refractivity contribution in [1.29, 1.82) is 0 Å². The molecule has 1 unspecified atom stereocenters. The largest absolute Gasteiger partial charge is 0.480 e. The number of nitrogens with zero attached hydrogens (tertiary/aromatic N) is 1. The van der Waals surface area contributed by atoms with Gasteiger partial charge in [-0.2, -0.15) is 0 Å². The van der Waals surface area contributed by atoms with Crippen molar-refractivity contribution in [2.24, 2.45) is 5.92 Å². The van der Waals surface area contributed by atoms with Crippen molar-refractivity contribution in [2.75, 3.05) is 6.54 Å². The van der Waals surface area contributed by atoms with Crippen molar-refractivity contribution in [3.05, 3.63) is 34.1 Å². The van der Waals surface area contributed by atoms with Gasteiger partial charge >= 0.3 is 5.97 Å². The Labute approximate surface area is 153 Å². The monoisotopic (exact) mass is 414 g/mol. The van der Waals surface area contributed by atoms with Gasteiger partial charge in [-0.1, -0.05) is 29.8 Å². The van der Waals surface area contributed by atoms with Crippen molar-refractivity contribution >= 4 is 33.7 Å². The molecule has 1 aliphatic rings. The molecule has 2 amide bonds. The minimum Gasteiger partial charge on any atom is -0.480 e. The third-order valence-electron chi connectivity index (χ3n) is 4.22. The van der Waals surface area contributed by atoms with Gasteiger partial charge in [0.15, 0.2) is 0 Å². The molecule has 1 fully saturated rings. The van der Waals surface area contributed by atoms with Crippen LogP contribution in [-0.4, -0.2) is 46.4 Å². The van der Waals surface area contributed by atoms with Crippen LogP contribution >= 0.6 is 15.9 Å². The van der Waals surface area contributed by atoms with Crippen LogP contribution in [0.3, 0.4) is 0 Å². The molecule has 2 N–H and O–H groups in total. The maximum atomic E-state index is 14.0. The second-order valence-electron chi connectivity index (χ2n) is 6.35. The Balaban J connectivity index is 2.19. The smallest absolute Gasteiger partial charge is 0.326 e. The number of nitrogens with one attached hydrogen (secondary N) is 1. The molecule has 0 radical (unpaired) electrons. The molecule has 136 valence electrons. The number of carbonyl (C=O) groups is 3. The molecule has 1 aliphatic heterocycles. The molecule has 2 rings (SSSR count). The Kier molecular flexibility index (Phi) is 6.16. The maximum absolute atomic E-state index is 14.0. The molecule has 6 nitrogen and oxygen atoms in total. The molecule has 25 heavy (non-hydrogen) atoms. The van der Waals surface area contributed by atoms with Crippen LogP contribution in [-0.2, 0) is 9.59 Å². The van der Waals surface area contributed by atoms with Crippen molar-refractivity contribution < 1.29 is 23.9 Å². The second-order valence-corrected chi connectivity index (χ2v) is 7.26. The summed E-state index contributed by atoms with van der Waals surface area (Å²) in [5.41, 5.74) is -0.169. The molecular formula is C17H20BrFN2O4. The highest BCUT2D eigenvalue weighted by molar-refractivity contribution is 9.10. The number of amides is 2. The molecule has 2 atom stereocenters. The summed E-state index contributed by atoms with van der Waals surface area (Å²) in [4.78, 5) is 37.7.